The van der Waals surface area contributed by atoms with Crippen LogP contribution in [0.15, 0.2) is 48.5 Å². The van der Waals surface area contributed by atoms with Gasteiger partial charge in [-0.25, -0.2) is 4.79 Å². The summed E-state index contributed by atoms with van der Waals surface area (Å²) < 4.78 is 5.31. The number of para-hydroxylation sites is 1. The zero-order valence-electron chi connectivity index (χ0n) is 13.7. The first-order valence-corrected chi connectivity index (χ1v) is 8.11. The molecule has 126 valence electrons. The van der Waals surface area contributed by atoms with E-state index in [1.54, 1.807) is 25.3 Å². The summed E-state index contributed by atoms with van der Waals surface area (Å²) in [5.41, 5.74) is 1.87. The summed E-state index contributed by atoms with van der Waals surface area (Å²) in [6, 6.07) is 14.9. The third-order valence-corrected chi connectivity index (χ3v) is 4.13. The normalized spacial score (nSPS) is 13.4. The Morgan fingerprint density at radius 2 is 2.04 bits per heavy atom. The van der Waals surface area contributed by atoms with E-state index in [0.717, 1.165) is 29.7 Å². The monoisotopic (exact) mass is 326 g/mol. The lowest BCUT2D eigenvalue weighted by Gasteiger charge is -2.23. The SMILES string of the molecule is COc1ccccc1CNC(=O)N(Cc1cccc(O)c1)C1CC1. The molecule has 5 heteroatoms. The van der Waals surface area contributed by atoms with E-state index in [4.69, 9.17) is 4.74 Å². The van der Waals surface area contributed by atoms with Gasteiger partial charge in [-0.05, 0) is 36.6 Å². The van der Waals surface area contributed by atoms with Crippen molar-refractivity contribution in [2.24, 2.45) is 0 Å². The Hall–Kier alpha value is -2.69. The van der Waals surface area contributed by atoms with Crippen molar-refractivity contribution in [2.45, 2.75) is 32.0 Å². The van der Waals surface area contributed by atoms with E-state index in [9.17, 15) is 9.90 Å². The topological polar surface area (TPSA) is 61.8 Å². The molecule has 5 nitrogen and oxygen atoms in total. The van der Waals surface area contributed by atoms with E-state index in [2.05, 4.69) is 5.32 Å². The first kappa shape index (κ1) is 16.2. The van der Waals surface area contributed by atoms with Crippen LogP contribution in [0.3, 0.4) is 0 Å². The summed E-state index contributed by atoms with van der Waals surface area (Å²) in [4.78, 5) is 14.4. The molecule has 3 rings (SSSR count). The maximum absolute atomic E-state index is 12.6. The van der Waals surface area contributed by atoms with Gasteiger partial charge in [-0.1, -0.05) is 30.3 Å². The van der Waals surface area contributed by atoms with Gasteiger partial charge in [0.25, 0.3) is 0 Å². The van der Waals surface area contributed by atoms with Crippen molar-refractivity contribution in [3.8, 4) is 11.5 Å². The van der Waals surface area contributed by atoms with Crippen LogP contribution in [0.25, 0.3) is 0 Å². The number of carbonyl (C=O) groups excluding carboxylic acids is 1. The number of methoxy groups -OCH3 is 1. The number of hydrogen-bond donors (Lipinski definition) is 2. The second-order valence-electron chi connectivity index (χ2n) is 6.00. The number of nitrogens with one attached hydrogen (secondary N) is 1. The number of amides is 2. The van der Waals surface area contributed by atoms with Gasteiger partial charge in [0.05, 0.1) is 7.11 Å². The standard InChI is InChI=1S/C19H22N2O3/c1-24-18-8-3-2-6-15(18)12-20-19(23)21(16-9-10-16)13-14-5-4-7-17(22)11-14/h2-8,11,16,22H,9-10,12-13H2,1H3,(H,20,23). The van der Waals surface area contributed by atoms with Crippen LogP contribution < -0.4 is 10.1 Å². The molecule has 24 heavy (non-hydrogen) atoms. The molecule has 2 aromatic rings. The Balaban J connectivity index is 1.64. The molecule has 0 bridgehead atoms. The molecule has 0 aliphatic heterocycles. The molecule has 0 aromatic heterocycles. The Morgan fingerprint density at radius 1 is 1.25 bits per heavy atom. The maximum atomic E-state index is 12.6. The van der Waals surface area contributed by atoms with E-state index < -0.39 is 0 Å². The van der Waals surface area contributed by atoms with Crippen LogP contribution in [0.5, 0.6) is 11.5 Å². The van der Waals surface area contributed by atoms with Gasteiger partial charge in [0, 0.05) is 24.7 Å². The van der Waals surface area contributed by atoms with Crippen LogP contribution in [-0.2, 0) is 13.1 Å². The van der Waals surface area contributed by atoms with Crippen LogP contribution in [0.2, 0.25) is 0 Å². The fourth-order valence-corrected chi connectivity index (χ4v) is 2.73. The van der Waals surface area contributed by atoms with E-state index in [-0.39, 0.29) is 17.8 Å². The zero-order valence-corrected chi connectivity index (χ0v) is 13.7. The number of hydrogen-bond acceptors (Lipinski definition) is 3. The highest BCUT2D eigenvalue weighted by Gasteiger charge is 2.32. The number of benzene rings is 2. The second kappa shape index (κ2) is 7.25. The molecule has 1 saturated carbocycles. The van der Waals surface area contributed by atoms with Crippen molar-refractivity contribution in [3.05, 3.63) is 59.7 Å². The van der Waals surface area contributed by atoms with Gasteiger partial charge in [0.1, 0.15) is 11.5 Å². The predicted octanol–water partition coefficient (Wildman–Crippen LogP) is 3.28. The first-order valence-electron chi connectivity index (χ1n) is 8.11. The lowest BCUT2D eigenvalue weighted by Crippen LogP contribution is -2.40. The van der Waals surface area contributed by atoms with Crippen molar-refractivity contribution >= 4 is 6.03 Å². The number of phenolic OH excluding ortho intramolecular Hbond substituents is 1. The minimum atomic E-state index is -0.0910. The van der Waals surface area contributed by atoms with Crippen molar-refractivity contribution in [3.63, 3.8) is 0 Å². The lowest BCUT2D eigenvalue weighted by atomic mass is 10.2. The number of urea groups is 1. The number of phenols is 1. The van der Waals surface area contributed by atoms with Gasteiger partial charge in [-0.3, -0.25) is 0 Å². The highest BCUT2D eigenvalue weighted by Crippen LogP contribution is 2.29. The molecular weight excluding hydrogens is 304 g/mol. The first-order chi connectivity index (χ1) is 11.7. The minimum absolute atomic E-state index is 0.0910. The average Bonchev–Trinajstić information content (AvgIpc) is 3.43. The van der Waals surface area contributed by atoms with Gasteiger partial charge in [-0.15, -0.1) is 0 Å². The zero-order chi connectivity index (χ0) is 16.9. The Labute approximate surface area is 141 Å². The van der Waals surface area contributed by atoms with Gasteiger partial charge in [0.15, 0.2) is 0 Å². The van der Waals surface area contributed by atoms with Crippen molar-refractivity contribution in [1.29, 1.82) is 0 Å². The molecule has 0 unspecified atom stereocenters. The summed E-state index contributed by atoms with van der Waals surface area (Å²) in [6.07, 6.45) is 2.06. The molecule has 0 radical (unpaired) electrons. The minimum Gasteiger partial charge on any atom is -0.508 e. The summed E-state index contributed by atoms with van der Waals surface area (Å²) in [5.74, 6) is 0.987. The van der Waals surface area contributed by atoms with Crippen molar-refractivity contribution in [1.82, 2.24) is 10.2 Å². The number of rotatable bonds is 6. The number of nitrogens with zero attached hydrogens (tertiary/aromatic N) is 1. The third kappa shape index (κ3) is 3.98. The molecule has 0 atom stereocenters. The number of carbonyl (C=O) groups is 1. The van der Waals surface area contributed by atoms with Crippen molar-refractivity contribution in [2.75, 3.05) is 7.11 Å². The molecule has 1 fully saturated rings. The summed E-state index contributed by atoms with van der Waals surface area (Å²) in [6.45, 7) is 0.920. The molecule has 2 amide bonds. The number of aromatic hydroxyl groups is 1. The molecule has 1 aliphatic rings. The van der Waals surface area contributed by atoms with E-state index in [1.165, 1.54) is 0 Å². The Kier molecular flexibility index (Phi) is 4.89. The highest BCUT2D eigenvalue weighted by molar-refractivity contribution is 5.75. The molecule has 2 aromatic carbocycles. The van der Waals surface area contributed by atoms with Crippen LogP contribution in [-0.4, -0.2) is 29.2 Å². The summed E-state index contributed by atoms with van der Waals surface area (Å²) in [5, 5.41) is 12.6. The van der Waals surface area contributed by atoms with Crippen LogP contribution in [0.1, 0.15) is 24.0 Å². The van der Waals surface area contributed by atoms with E-state index in [0.29, 0.717) is 13.1 Å². The van der Waals surface area contributed by atoms with Crippen LogP contribution in [0.4, 0.5) is 4.79 Å². The Morgan fingerprint density at radius 3 is 2.75 bits per heavy atom. The van der Waals surface area contributed by atoms with E-state index in [1.807, 2.05) is 35.2 Å². The maximum Gasteiger partial charge on any atom is 0.318 e. The quantitative estimate of drug-likeness (QED) is 0.856. The van der Waals surface area contributed by atoms with Gasteiger partial charge in [-0.2, -0.15) is 0 Å². The lowest BCUT2D eigenvalue weighted by molar-refractivity contribution is 0.191. The molecule has 2 N–H and O–H groups in total. The van der Waals surface area contributed by atoms with E-state index >= 15 is 0 Å². The Bertz CT molecular complexity index is 713. The molecule has 0 spiro atoms. The second-order valence-corrected chi connectivity index (χ2v) is 6.00. The molecule has 1 aliphatic carbocycles. The van der Waals surface area contributed by atoms with Gasteiger partial charge < -0.3 is 20.1 Å². The highest BCUT2D eigenvalue weighted by atomic mass is 16.5. The van der Waals surface area contributed by atoms with Gasteiger partial charge in [0.2, 0.25) is 0 Å². The molecule has 0 saturated heterocycles. The van der Waals surface area contributed by atoms with Crippen molar-refractivity contribution < 1.29 is 14.6 Å². The van der Waals surface area contributed by atoms with Crippen LogP contribution >= 0.6 is 0 Å². The molecule has 0 heterocycles. The molecular formula is C19H22N2O3. The summed E-state index contributed by atoms with van der Waals surface area (Å²) in [7, 11) is 1.62. The summed E-state index contributed by atoms with van der Waals surface area (Å²) >= 11 is 0. The van der Waals surface area contributed by atoms with Crippen LogP contribution in [0, 0.1) is 0 Å². The average molecular weight is 326 g/mol. The predicted molar refractivity (Wildman–Crippen MR) is 91.9 cm³/mol. The number of ether oxygens (including phenoxy) is 1. The smallest absolute Gasteiger partial charge is 0.318 e. The fraction of sp³-hybridized carbons (Fsp3) is 0.316. The third-order valence-electron chi connectivity index (χ3n) is 4.13. The van der Waals surface area contributed by atoms with Gasteiger partial charge >= 0.3 is 6.03 Å². The largest absolute Gasteiger partial charge is 0.508 e. The fourth-order valence-electron chi connectivity index (χ4n) is 2.73.